The van der Waals surface area contributed by atoms with E-state index >= 15 is 0 Å². The molecule has 1 aromatic rings. The summed E-state index contributed by atoms with van der Waals surface area (Å²) in [4.78, 5) is 0.152. The van der Waals surface area contributed by atoms with Crippen molar-refractivity contribution in [2.75, 3.05) is 13.2 Å². The number of nitrogens with two attached hydrogens (primary N) is 1. The molecule has 2 rings (SSSR count). The molecule has 1 saturated carbocycles. The van der Waals surface area contributed by atoms with E-state index in [9.17, 15) is 8.42 Å². The highest BCUT2D eigenvalue weighted by molar-refractivity contribution is 7.89. The molecule has 0 bridgehead atoms. The fraction of sp³-hybridized carbons (Fsp3) is 0.750. The van der Waals surface area contributed by atoms with E-state index < -0.39 is 10.0 Å². The number of hydrogen-bond donors (Lipinski definition) is 3. The number of nitrogens with one attached hydrogen (secondary N) is 2. The molecule has 20 heavy (non-hydrogen) atoms. The number of sulfonamides is 1. The minimum absolute atomic E-state index is 0.152. The molecule has 1 heterocycles. The number of hydrogen-bond acceptors (Lipinski definition) is 5. The maximum absolute atomic E-state index is 11.8. The molecule has 1 fully saturated rings. The van der Waals surface area contributed by atoms with Gasteiger partial charge in [0.05, 0.1) is 12.3 Å². The SMILES string of the molecule is NC1CCC(OCCCNS(=O)(=O)c2cn[nH]c2)CC1. The van der Waals surface area contributed by atoms with Crippen LogP contribution in [0.5, 0.6) is 0 Å². The van der Waals surface area contributed by atoms with Gasteiger partial charge in [-0.05, 0) is 32.1 Å². The Morgan fingerprint density at radius 1 is 1.40 bits per heavy atom. The van der Waals surface area contributed by atoms with Gasteiger partial charge in [-0.1, -0.05) is 0 Å². The number of H-pyrrole nitrogens is 1. The molecular formula is C12H22N4O3S. The molecule has 0 atom stereocenters. The van der Waals surface area contributed by atoms with Gasteiger partial charge >= 0.3 is 0 Å². The molecule has 0 amide bonds. The Balaban J connectivity index is 1.60. The Labute approximate surface area is 119 Å². The minimum atomic E-state index is -3.45. The van der Waals surface area contributed by atoms with Crippen LogP contribution < -0.4 is 10.5 Å². The van der Waals surface area contributed by atoms with Crippen LogP contribution in [0.15, 0.2) is 17.3 Å². The third kappa shape index (κ3) is 4.55. The van der Waals surface area contributed by atoms with E-state index in [4.69, 9.17) is 10.5 Å². The molecule has 114 valence electrons. The van der Waals surface area contributed by atoms with E-state index in [0.29, 0.717) is 25.6 Å². The van der Waals surface area contributed by atoms with Crippen LogP contribution in [0.2, 0.25) is 0 Å². The lowest BCUT2D eigenvalue weighted by molar-refractivity contribution is 0.0245. The van der Waals surface area contributed by atoms with Crippen LogP contribution in [0, 0.1) is 0 Å². The Kier molecular flexibility index (Phi) is 5.53. The van der Waals surface area contributed by atoms with E-state index in [1.165, 1.54) is 12.4 Å². The summed E-state index contributed by atoms with van der Waals surface area (Å²) in [6, 6.07) is 0.316. The predicted molar refractivity (Wildman–Crippen MR) is 74.6 cm³/mol. The predicted octanol–water partition coefficient (Wildman–Crippen LogP) is 0.365. The van der Waals surface area contributed by atoms with Gasteiger partial charge < -0.3 is 10.5 Å². The van der Waals surface area contributed by atoms with Gasteiger partial charge in [0, 0.05) is 25.4 Å². The lowest BCUT2D eigenvalue weighted by atomic mass is 9.94. The maximum Gasteiger partial charge on any atom is 0.243 e. The molecular weight excluding hydrogens is 280 g/mol. The van der Waals surface area contributed by atoms with Crippen molar-refractivity contribution in [3.63, 3.8) is 0 Å². The summed E-state index contributed by atoms with van der Waals surface area (Å²) in [5.41, 5.74) is 5.83. The molecule has 0 saturated heterocycles. The lowest BCUT2D eigenvalue weighted by Gasteiger charge is -2.26. The molecule has 0 aliphatic heterocycles. The van der Waals surface area contributed by atoms with Gasteiger partial charge in [-0.15, -0.1) is 0 Å². The number of nitrogens with zero attached hydrogens (tertiary/aromatic N) is 1. The van der Waals surface area contributed by atoms with Crippen LogP contribution in [-0.4, -0.2) is 43.9 Å². The van der Waals surface area contributed by atoms with Crippen LogP contribution in [0.3, 0.4) is 0 Å². The van der Waals surface area contributed by atoms with Crippen molar-refractivity contribution in [1.29, 1.82) is 0 Å². The highest BCUT2D eigenvalue weighted by Crippen LogP contribution is 2.19. The summed E-state index contributed by atoms with van der Waals surface area (Å²) < 4.78 is 31.8. The minimum Gasteiger partial charge on any atom is -0.378 e. The van der Waals surface area contributed by atoms with Crippen molar-refractivity contribution in [1.82, 2.24) is 14.9 Å². The van der Waals surface area contributed by atoms with Gasteiger partial charge in [0.2, 0.25) is 10.0 Å². The number of aromatic nitrogens is 2. The topological polar surface area (TPSA) is 110 Å². The molecule has 1 aromatic heterocycles. The summed E-state index contributed by atoms with van der Waals surface area (Å²) in [7, 11) is -3.45. The molecule has 1 aliphatic carbocycles. The average Bonchev–Trinajstić information content (AvgIpc) is 2.95. The summed E-state index contributed by atoms with van der Waals surface area (Å²) >= 11 is 0. The molecule has 8 heteroatoms. The standard InChI is InChI=1S/C12H22N4O3S/c13-10-2-4-11(5-3-10)19-7-1-6-16-20(17,18)12-8-14-15-9-12/h8-11,16H,1-7,13H2,(H,14,15). The first-order valence-corrected chi connectivity index (χ1v) is 8.42. The number of ether oxygens (including phenoxy) is 1. The Bertz CT molecular complexity index is 481. The Hall–Kier alpha value is -0.960. The van der Waals surface area contributed by atoms with Gasteiger partial charge in [0.15, 0.2) is 0 Å². The lowest BCUT2D eigenvalue weighted by Crippen LogP contribution is -2.31. The monoisotopic (exact) mass is 302 g/mol. The number of rotatable bonds is 7. The first-order valence-electron chi connectivity index (χ1n) is 6.93. The van der Waals surface area contributed by atoms with Crippen molar-refractivity contribution >= 4 is 10.0 Å². The van der Waals surface area contributed by atoms with Gasteiger partial charge in [0.1, 0.15) is 4.90 Å². The first-order chi connectivity index (χ1) is 9.58. The molecule has 7 nitrogen and oxygen atoms in total. The molecule has 0 radical (unpaired) electrons. The second-order valence-electron chi connectivity index (χ2n) is 5.09. The Morgan fingerprint density at radius 3 is 2.80 bits per heavy atom. The normalized spacial score (nSPS) is 23.9. The molecule has 4 N–H and O–H groups in total. The number of aromatic amines is 1. The van der Waals surface area contributed by atoms with E-state index in [0.717, 1.165) is 25.7 Å². The quantitative estimate of drug-likeness (QED) is 0.630. The van der Waals surface area contributed by atoms with Crippen LogP contribution in [0.4, 0.5) is 0 Å². The van der Waals surface area contributed by atoms with Crippen molar-refractivity contribution in [3.05, 3.63) is 12.4 Å². The van der Waals surface area contributed by atoms with Crippen LogP contribution in [-0.2, 0) is 14.8 Å². The summed E-state index contributed by atoms with van der Waals surface area (Å²) in [5.74, 6) is 0. The second kappa shape index (κ2) is 7.16. The molecule has 0 spiro atoms. The van der Waals surface area contributed by atoms with E-state index in [1.807, 2.05) is 0 Å². The smallest absolute Gasteiger partial charge is 0.243 e. The van der Waals surface area contributed by atoms with Crippen LogP contribution in [0.25, 0.3) is 0 Å². The van der Waals surface area contributed by atoms with E-state index in [1.54, 1.807) is 0 Å². The van der Waals surface area contributed by atoms with Gasteiger partial charge in [-0.25, -0.2) is 13.1 Å². The molecule has 0 unspecified atom stereocenters. The van der Waals surface area contributed by atoms with E-state index in [2.05, 4.69) is 14.9 Å². The zero-order chi connectivity index (χ0) is 14.4. The summed E-state index contributed by atoms with van der Waals surface area (Å²) in [6.45, 7) is 0.924. The van der Waals surface area contributed by atoms with Crippen LogP contribution >= 0.6 is 0 Å². The van der Waals surface area contributed by atoms with Gasteiger partial charge in [-0.2, -0.15) is 5.10 Å². The fourth-order valence-corrected chi connectivity index (χ4v) is 3.23. The second-order valence-corrected chi connectivity index (χ2v) is 6.86. The van der Waals surface area contributed by atoms with E-state index in [-0.39, 0.29) is 11.0 Å². The molecule has 1 aliphatic rings. The van der Waals surface area contributed by atoms with Gasteiger partial charge in [-0.3, -0.25) is 5.10 Å². The summed E-state index contributed by atoms with van der Waals surface area (Å²) in [6.07, 6.45) is 7.59. The largest absolute Gasteiger partial charge is 0.378 e. The zero-order valence-corrected chi connectivity index (χ0v) is 12.2. The maximum atomic E-state index is 11.8. The highest BCUT2D eigenvalue weighted by atomic mass is 32.2. The van der Waals surface area contributed by atoms with Gasteiger partial charge in [0.25, 0.3) is 0 Å². The zero-order valence-electron chi connectivity index (χ0n) is 11.4. The van der Waals surface area contributed by atoms with Crippen molar-refractivity contribution < 1.29 is 13.2 Å². The van der Waals surface area contributed by atoms with Crippen molar-refractivity contribution in [2.24, 2.45) is 5.73 Å². The first kappa shape index (κ1) is 15.4. The summed E-state index contributed by atoms with van der Waals surface area (Å²) in [5, 5.41) is 6.10. The van der Waals surface area contributed by atoms with Crippen molar-refractivity contribution in [2.45, 2.75) is 49.1 Å². The fourth-order valence-electron chi connectivity index (χ4n) is 2.25. The third-order valence-electron chi connectivity index (χ3n) is 3.47. The average molecular weight is 302 g/mol. The van der Waals surface area contributed by atoms with Crippen LogP contribution in [0.1, 0.15) is 32.1 Å². The molecule has 0 aromatic carbocycles. The van der Waals surface area contributed by atoms with Crippen molar-refractivity contribution in [3.8, 4) is 0 Å². The highest BCUT2D eigenvalue weighted by Gasteiger charge is 2.19. The third-order valence-corrected chi connectivity index (χ3v) is 4.90. The Morgan fingerprint density at radius 2 is 2.15 bits per heavy atom.